The normalized spacial score (nSPS) is 30.1. The number of hydrogen-bond acceptors (Lipinski definition) is 22. The molecule has 0 aromatic heterocycles. The van der Waals surface area contributed by atoms with E-state index in [1.807, 2.05) is 54.6 Å². The molecule has 18 atom stereocenters. The lowest BCUT2D eigenvalue weighted by Crippen LogP contribution is -2.82. The molecule has 2 unspecified atom stereocenters. The Labute approximate surface area is 767 Å². The van der Waals surface area contributed by atoms with Gasteiger partial charge in [-0.2, -0.15) is 11.1 Å². The van der Waals surface area contributed by atoms with Crippen LogP contribution in [0.5, 0.6) is 0 Å². The van der Waals surface area contributed by atoms with Crippen LogP contribution in [-0.2, 0) is 107 Å². The van der Waals surface area contributed by atoms with Crippen molar-refractivity contribution >= 4 is 74.2 Å². The first-order valence-corrected chi connectivity index (χ1v) is 50.4. The summed E-state index contributed by atoms with van der Waals surface area (Å²) in [7, 11) is -5.28. The minimum absolute atomic E-state index is 0. The van der Waals surface area contributed by atoms with Crippen LogP contribution in [-0.4, -0.2) is 185 Å². The van der Waals surface area contributed by atoms with Gasteiger partial charge in [-0.3, -0.25) is 28.8 Å². The van der Waals surface area contributed by atoms with Gasteiger partial charge in [-0.15, -0.1) is 0 Å². The van der Waals surface area contributed by atoms with Crippen molar-refractivity contribution in [1.29, 1.82) is 0 Å². The van der Waals surface area contributed by atoms with Crippen LogP contribution in [0, 0.1) is 33.5 Å². The van der Waals surface area contributed by atoms with Crippen LogP contribution >= 0.6 is 11.1 Å². The highest BCUT2D eigenvalue weighted by atomic mass is 35.6. The molecule has 16 rings (SSSR count). The molecule has 5 N–H and O–H groups in total. The van der Waals surface area contributed by atoms with E-state index in [1.54, 1.807) is 97.0 Å². The van der Waals surface area contributed by atoms with E-state index in [0.29, 0.717) is 29.3 Å². The SMILES string of the molecule is C.CC(=O)O[C@H]1C(=O)[C@@]2(C)C([C@H](OC(=O)c3ccccc3)[C@]3(O)C[C@H](O)C(C)=C1C3(C)C)[C@]1(OC(C)=O)CO[C@@H]1C[C@@H]2O.CC(=O)O[C@H]1C(=O)[C@@]2(C)C([C@H](OC(=O)c3ccccc3)[C@]3(O)C[C@H](O)C(C)=C1C3(C)C)[C@]1(OC(C)=O)CO[C@@H]1C[C@@H]2O[Si](Cc1ccccc1)(Cc1ccccc1)Cc1ccccc1.Cl[Si](Cc1ccccc1)(Cc1ccccc1)Cc1ccccc1. The second-order valence-electron chi connectivity index (χ2n) is 37.9. The van der Waals surface area contributed by atoms with Crippen LogP contribution in [0.4, 0.5) is 0 Å². The lowest BCUT2D eigenvalue weighted by atomic mass is 9.44. The highest BCUT2D eigenvalue weighted by Gasteiger charge is 2.81. The van der Waals surface area contributed by atoms with Crippen LogP contribution < -0.4 is 0 Å². The average molecular weight is 1830 g/mol. The predicted octanol–water partition coefficient (Wildman–Crippen LogP) is 14.8. The number of benzene rings is 8. The van der Waals surface area contributed by atoms with Gasteiger partial charge in [-0.05, 0) is 144 Å². The predicted molar refractivity (Wildman–Crippen MR) is 493 cm³/mol. The van der Waals surface area contributed by atoms with Crippen molar-refractivity contribution in [1.82, 2.24) is 0 Å². The molecule has 25 heteroatoms. The Bertz CT molecular complexity index is 5280. The van der Waals surface area contributed by atoms with Gasteiger partial charge in [0, 0.05) is 64.2 Å². The van der Waals surface area contributed by atoms with Crippen molar-refractivity contribution in [3.8, 4) is 0 Å². The Morgan fingerprint density at radius 2 is 0.692 bits per heavy atom. The van der Waals surface area contributed by atoms with Crippen molar-refractivity contribution in [2.75, 3.05) is 13.2 Å². The van der Waals surface area contributed by atoms with Gasteiger partial charge in [0.1, 0.15) is 35.6 Å². The van der Waals surface area contributed by atoms with Gasteiger partial charge in [0.15, 0.2) is 42.4 Å². The third-order valence-corrected chi connectivity index (χ3v) is 37.2. The van der Waals surface area contributed by atoms with Crippen molar-refractivity contribution in [2.24, 2.45) is 33.5 Å². The molecular formula is C105H121ClO22Si2. The first-order valence-electron chi connectivity index (χ1n) is 44.3. The zero-order valence-electron chi connectivity index (χ0n) is 75.1. The molecule has 22 nitrogen and oxygen atoms in total. The Morgan fingerprint density at radius 3 is 0.985 bits per heavy atom. The van der Waals surface area contributed by atoms with E-state index < -0.39 is 180 Å². The van der Waals surface area contributed by atoms with Gasteiger partial charge in [0.05, 0.1) is 71.4 Å². The Kier molecular flexibility index (Phi) is 28.9. The molecule has 4 saturated carbocycles. The molecule has 0 spiro atoms. The molecule has 130 heavy (non-hydrogen) atoms. The molecule has 0 radical (unpaired) electrons. The number of esters is 6. The molecule has 4 bridgehead atoms. The number of rotatable bonds is 22. The highest BCUT2D eigenvalue weighted by Crippen LogP contribution is 2.67. The van der Waals surface area contributed by atoms with E-state index in [0.717, 1.165) is 41.7 Å². The number of ether oxygens (including phenoxy) is 8. The summed E-state index contributed by atoms with van der Waals surface area (Å²) in [6.07, 6.45) is -14.0. The molecule has 2 aliphatic heterocycles. The minimum Gasteiger partial charge on any atom is -0.455 e. The number of carbonyl (C=O) groups is 8. The van der Waals surface area contributed by atoms with E-state index in [2.05, 4.69) is 127 Å². The van der Waals surface area contributed by atoms with Crippen molar-refractivity contribution < 1.29 is 106 Å². The fourth-order valence-electron chi connectivity index (χ4n) is 22.6. The molecule has 2 saturated heterocycles. The standard InChI is InChI=1S/C52H58O11Si.C31H38O11.C21H21ClSi.CH4/c1-33-40(55)28-52(58)47(61-48(57)39-25-17-10-18-26-39)45-50(6,46(56)44(60-34(2)53)43(33)49(52,4)5)41(27-42-51(45,32-59-42)62-35(3)54)63-64(29-36-19-11-7-12-20-36,30-37-21-13-8-14-22-37)31-38-23-15-9-16-24-38;1-15-19(34)13-31(38)26(41-27(37)18-10-8-7-9-11-18)24-29(6,20(35)12-21-30(24,14-39-21)42-17(3)33)25(36)23(40-16(2)32)22(15)28(31,4)5;22-23(16-19-10-4-1-5-11-19,17-20-12-6-2-7-13-20)18-21-14-8-3-9-15-21;/h7-26,40-42,44-45,47,55,58H,27-32H2,1-6H3;7-11,19-21,23-24,26,34-35,38H,12-14H2,1-6H3;1-15H,16-18H2;1H4/t40-,41-,42+,44+,45?,47-,50+,51-,52+;19-,20-,21+,23+,24?,26-,29+,30-,31+;;/m00../s1. The van der Waals surface area contributed by atoms with E-state index in [9.17, 15) is 59.1 Å². The third kappa shape index (κ3) is 18.5. The van der Waals surface area contributed by atoms with Gasteiger partial charge in [0.2, 0.25) is 8.32 Å². The van der Waals surface area contributed by atoms with Crippen molar-refractivity contribution in [3.05, 3.63) is 309 Å². The summed E-state index contributed by atoms with van der Waals surface area (Å²) >= 11 is 7.28. The molecule has 8 aromatic carbocycles. The summed E-state index contributed by atoms with van der Waals surface area (Å²) in [5, 5.41) is 61.4. The quantitative estimate of drug-likeness (QED) is 0.0138. The van der Waals surface area contributed by atoms with Crippen molar-refractivity contribution in [2.45, 2.75) is 236 Å². The van der Waals surface area contributed by atoms with E-state index >= 15 is 4.79 Å². The zero-order chi connectivity index (χ0) is 92.6. The van der Waals surface area contributed by atoms with Crippen LogP contribution in [0.3, 0.4) is 0 Å². The number of halogens is 1. The van der Waals surface area contributed by atoms with Gasteiger partial charge >= 0.3 is 35.8 Å². The summed E-state index contributed by atoms with van der Waals surface area (Å²) < 4.78 is 57.0. The number of ketones is 2. The summed E-state index contributed by atoms with van der Waals surface area (Å²) in [6, 6.07) is 83.3. The molecule has 6 aliphatic carbocycles. The van der Waals surface area contributed by atoms with Crippen molar-refractivity contribution in [3.63, 3.8) is 0 Å². The van der Waals surface area contributed by atoms with E-state index in [4.69, 9.17) is 53.4 Å². The molecule has 8 aromatic rings. The lowest BCUT2D eigenvalue weighted by Gasteiger charge is -2.68. The number of carbonyl (C=O) groups excluding carboxylic acids is 8. The number of fused-ring (bicyclic) bond motifs is 10. The second kappa shape index (κ2) is 38.6. The first kappa shape index (κ1) is 97.3. The number of hydrogen-bond donors (Lipinski definition) is 5. The highest BCUT2D eigenvalue weighted by molar-refractivity contribution is 7.19. The maximum Gasteiger partial charge on any atom is 0.338 e. The Hall–Kier alpha value is -10.2. The molecule has 0 amide bonds. The fraction of sp³-hybridized carbons (Fsp3) is 0.429. The molecular weight excluding hydrogens is 1700 g/mol. The summed E-state index contributed by atoms with van der Waals surface area (Å²) in [5.41, 5.74) is -5.53. The molecule has 688 valence electrons. The first-order chi connectivity index (χ1) is 61.2. The summed E-state index contributed by atoms with van der Waals surface area (Å²) in [5.74, 6) is -8.56. The minimum atomic E-state index is -3.28. The largest absolute Gasteiger partial charge is 0.455 e. The monoisotopic (exact) mass is 1820 g/mol. The Morgan fingerprint density at radius 1 is 0.408 bits per heavy atom. The zero-order valence-corrected chi connectivity index (χ0v) is 77.8. The second-order valence-corrected chi connectivity index (χ2v) is 47.4. The average Bonchev–Trinajstić information content (AvgIpc) is 0.670. The molecule has 8 aliphatic rings. The van der Waals surface area contributed by atoms with Gasteiger partial charge in [0.25, 0.3) is 0 Å². The Balaban J connectivity index is 0.000000186. The van der Waals surface area contributed by atoms with E-state index in [1.165, 1.54) is 56.5 Å². The summed E-state index contributed by atoms with van der Waals surface area (Å²) in [4.78, 5) is 111. The van der Waals surface area contributed by atoms with E-state index in [-0.39, 0.29) is 68.6 Å². The van der Waals surface area contributed by atoms with Crippen LogP contribution in [0.25, 0.3) is 0 Å². The van der Waals surface area contributed by atoms with Gasteiger partial charge < -0.3 is 67.9 Å². The fourth-order valence-corrected chi connectivity index (χ4v) is 31.7. The number of Topliss-reactive ketones (excluding diaryl/α,β-unsaturated/α-hetero) is 2. The molecule has 2 heterocycles. The number of aliphatic hydroxyl groups is 5. The maximum atomic E-state index is 16.5. The molecule has 6 fully saturated rings. The summed E-state index contributed by atoms with van der Waals surface area (Å²) in [6.45, 7) is 17.5. The van der Waals surface area contributed by atoms with Crippen LogP contribution in [0.2, 0.25) is 0 Å². The third-order valence-electron chi connectivity index (χ3n) is 29.0. The van der Waals surface area contributed by atoms with Crippen LogP contribution in [0.15, 0.2) is 265 Å². The van der Waals surface area contributed by atoms with Gasteiger partial charge in [-0.1, -0.05) is 254 Å². The smallest absolute Gasteiger partial charge is 0.338 e. The number of aliphatic hydroxyl groups excluding tert-OH is 3. The lowest BCUT2D eigenvalue weighted by molar-refractivity contribution is -0.345. The van der Waals surface area contributed by atoms with Gasteiger partial charge in [-0.25, -0.2) is 9.59 Å². The maximum absolute atomic E-state index is 16.5. The van der Waals surface area contributed by atoms with Crippen LogP contribution in [0.1, 0.15) is 170 Å². The topological polar surface area (TPSA) is 321 Å².